The smallest absolute Gasteiger partial charge is 1.00 e. The maximum Gasteiger partial charge on any atom is 3.00 e. The van der Waals surface area contributed by atoms with E-state index in [9.17, 15) is 0 Å². The van der Waals surface area contributed by atoms with E-state index in [1.807, 2.05) is 0 Å². The number of benzene rings is 2. The maximum absolute atomic E-state index is 2.40. The molecule has 0 saturated carbocycles. The van der Waals surface area contributed by atoms with Crippen LogP contribution < -0.4 is 24.8 Å². The zero-order valence-corrected chi connectivity index (χ0v) is 21.3. The van der Waals surface area contributed by atoms with Crippen molar-refractivity contribution in [2.45, 2.75) is 40.3 Å². The van der Waals surface area contributed by atoms with Gasteiger partial charge in [0.15, 0.2) is 0 Å². The van der Waals surface area contributed by atoms with Crippen LogP contribution >= 0.6 is 0 Å². The summed E-state index contributed by atoms with van der Waals surface area (Å²) in [5, 5.41) is 5.46. The van der Waals surface area contributed by atoms with Gasteiger partial charge in [-0.05, 0) is 17.4 Å². The Kier molecular flexibility index (Phi) is 11.2. The van der Waals surface area contributed by atoms with E-state index in [2.05, 4.69) is 94.5 Å². The molecule has 0 amide bonds. The number of hydrogen-bond donors (Lipinski definition) is 0. The minimum atomic E-state index is 0. The van der Waals surface area contributed by atoms with Crippen LogP contribution in [0.15, 0.2) is 66.3 Å². The predicted molar refractivity (Wildman–Crippen MR) is 115 cm³/mol. The Labute approximate surface area is 199 Å². The van der Waals surface area contributed by atoms with E-state index in [0.29, 0.717) is 0 Å². The summed E-state index contributed by atoms with van der Waals surface area (Å²) >= 11 is 0. The van der Waals surface area contributed by atoms with Gasteiger partial charge in [-0.25, -0.2) is 0 Å². The van der Waals surface area contributed by atoms with E-state index >= 15 is 0 Å². The minimum Gasteiger partial charge on any atom is -1.00 e. The Morgan fingerprint density at radius 1 is 0.893 bits per heavy atom. The van der Waals surface area contributed by atoms with Crippen molar-refractivity contribution in [3.05, 3.63) is 71.8 Å². The van der Waals surface area contributed by atoms with E-state index < -0.39 is 0 Å². The maximum atomic E-state index is 2.40. The first-order valence-corrected chi connectivity index (χ1v) is 11.0. The Morgan fingerprint density at radius 2 is 1.50 bits per heavy atom. The molecule has 0 nitrogen and oxygen atoms in total. The first kappa shape index (κ1) is 27.3. The van der Waals surface area contributed by atoms with Gasteiger partial charge in [-0.3, -0.25) is 0 Å². The van der Waals surface area contributed by atoms with Crippen LogP contribution in [0.5, 0.6) is 0 Å². The molecule has 0 aromatic heterocycles. The zero-order valence-electron chi connectivity index (χ0n) is 17.2. The topological polar surface area (TPSA) is 0 Å². The van der Waals surface area contributed by atoms with Gasteiger partial charge in [-0.15, -0.1) is 33.7 Å². The molecule has 3 aromatic carbocycles. The molecule has 1 aliphatic rings. The monoisotopic (exact) mass is 461 g/mol. The van der Waals surface area contributed by atoms with Gasteiger partial charge in [0.05, 0.1) is 0 Å². The summed E-state index contributed by atoms with van der Waals surface area (Å²) in [5.41, 5.74) is 4.53. The number of fused-ring (bicyclic) bond motifs is 3. The number of rotatable bonds is 1. The molecule has 0 atom stereocenters. The normalized spacial score (nSPS) is 12.8. The molecular formula is C24H27Cl2SiTi. The fraction of sp³-hybridized carbons (Fsp3) is 0.292. The summed E-state index contributed by atoms with van der Waals surface area (Å²) in [6, 6.07) is 17.7. The molecule has 0 saturated heterocycles. The van der Waals surface area contributed by atoms with Crippen LogP contribution in [0.25, 0.3) is 27.1 Å². The van der Waals surface area contributed by atoms with Crippen LogP contribution in [0.1, 0.15) is 32.8 Å². The van der Waals surface area contributed by atoms with Crippen molar-refractivity contribution >= 4 is 36.6 Å². The summed E-state index contributed by atoms with van der Waals surface area (Å²) in [4.78, 5) is 0. The van der Waals surface area contributed by atoms with E-state index in [0.717, 1.165) is 15.9 Å². The van der Waals surface area contributed by atoms with Crippen LogP contribution in [0, 0.1) is 5.41 Å². The molecule has 4 heteroatoms. The Bertz CT molecular complexity index is 962. The average Bonchev–Trinajstić information content (AvgIpc) is 3.20. The van der Waals surface area contributed by atoms with Crippen molar-refractivity contribution < 1.29 is 46.5 Å². The molecule has 0 heterocycles. The molecule has 3 radical (unpaired) electrons. The summed E-state index contributed by atoms with van der Waals surface area (Å²) in [6.45, 7) is 11.2. The SMILES string of the molecule is CC(C)(C)C1=CCC(c2cccc3c2[cH-]c2ccccc23)=C1.C[Si]C.[Cl-].[Cl-].[Ti+3]. The van der Waals surface area contributed by atoms with Gasteiger partial charge >= 0.3 is 21.7 Å². The summed E-state index contributed by atoms with van der Waals surface area (Å²) in [5.74, 6) is 0. The van der Waals surface area contributed by atoms with Crippen LogP contribution in [-0.2, 0) is 21.7 Å². The predicted octanol–water partition coefficient (Wildman–Crippen LogP) is 1.26. The molecule has 0 N–H and O–H groups in total. The second kappa shape index (κ2) is 11.5. The Morgan fingerprint density at radius 3 is 2.11 bits per heavy atom. The fourth-order valence-corrected chi connectivity index (χ4v) is 3.50. The molecule has 3 aromatic rings. The largest absolute Gasteiger partial charge is 3.00 e. The van der Waals surface area contributed by atoms with Gasteiger partial charge in [-0.2, -0.15) is 0 Å². The molecule has 0 fully saturated rings. The Balaban J connectivity index is 0.00000115. The molecule has 0 bridgehead atoms. The summed E-state index contributed by atoms with van der Waals surface area (Å²) < 4.78 is 0. The first-order chi connectivity index (χ1) is 12.0. The minimum absolute atomic E-state index is 0. The van der Waals surface area contributed by atoms with Crippen molar-refractivity contribution in [2.24, 2.45) is 5.41 Å². The molecule has 1 aliphatic carbocycles. The van der Waals surface area contributed by atoms with Gasteiger partial charge < -0.3 is 24.8 Å². The molecule has 28 heavy (non-hydrogen) atoms. The van der Waals surface area contributed by atoms with Crippen molar-refractivity contribution in [3.8, 4) is 0 Å². The summed E-state index contributed by atoms with van der Waals surface area (Å²) in [7, 11) is 1.08. The van der Waals surface area contributed by atoms with Crippen molar-refractivity contribution in [1.82, 2.24) is 0 Å². The van der Waals surface area contributed by atoms with Gasteiger partial charge in [0.25, 0.3) is 0 Å². The van der Waals surface area contributed by atoms with Crippen LogP contribution in [-0.4, -0.2) is 9.52 Å². The third-order valence-electron chi connectivity index (χ3n) is 4.74. The van der Waals surface area contributed by atoms with Crippen LogP contribution in [0.3, 0.4) is 0 Å². The number of halogens is 2. The third-order valence-corrected chi connectivity index (χ3v) is 4.74. The van der Waals surface area contributed by atoms with E-state index in [1.165, 1.54) is 38.3 Å². The fourth-order valence-electron chi connectivity index (χ4n) is 3.50. The second-order valence-corrected chi connectivity index (χ2v) is 8.78. The molecule has 0 unspecified atom stereocenters. The standard InChI is InChI=1S/C22H21.C2H6Si.2ClH.Ti/c1-22(2,3)17-12-11-16(13-17)19-9-6-10-20-18-8-5-4-7-15(18)14-21(19)20;1-3-2;;;/h4-10,12-14H,11H2,1-3H3;1-2H3;2*1H;/q-1;;;;+3/p-2. The van der Waals surface area contributed by atoms with Gasteiger partial charge in [0, 0.05) is 9.52 Å². The second-order valence-electron chi connectivity index (χ2n) is 7.78. The van der Waals surface area contributed by atoms with Crippen LogP contribution in [0.2, 0.25) is 13.1 Å². The first-order valence-electron chi connectivity index (χ1n) is 9.03. The van der Waals surface area contributed by atoms with Gasteiger partial charge in [0.1, 0.15) is 0 Å². The molecule has 4 rings (SSSR count). The number of allylic oxidation sites excluding steroid dienone is 4. The zero-order chi connectivity index (χ0) is 18.0. The van der Waals surface area contributed by atoms with Gasteiger partial charge in [-0.1, -0.05) is 93.6 Å². The quantitative estimate of drug-likeness (QED) is 0.378. The van der Waals surface area contributed by atoms with E-state index in [1.54, 1.807) is 0 Å². The molecular weight excluding hydrogens is 435 g/mol. The van der Waals surface area contributed by atoms with Gasteiger partial charge in [0.2, 0.25) is 0 Å². The summed E-state index contributed by atoms with van der Waals surface area (Å²) in [6.07, 6.45) is 5.83. The number of hydrogen-bond acceptors (Lipinski definition) is 0. The molecule has 145 valence electrons. The average molecular weight is 462 g/mol. The van der Waals surface area contributed by atoms with Crippen molar-refractivity contribution in [2.75, 3.05) is 0 Å². The molecule has 0 spiro atoms. The van der Waals surface area contributed by atoms with Crippen LogP contribution in [0.4, 0.5) is 0 Å². The Hall–Kier alpha value is -0.699. The van der Waals surface area contributed by atoms with E-state index in [4.69, 9.17) is 0 Å². The molecule has 0 aliphatic heterocycles. The van der Waals surface area contributed by atoms with E-state index in [-0.39, 0.29) is 51.9 Å². The third kappa shape index (κ3) is 5.68. The van der Waals surface area contributed by atoms with Crippen molar-refractivity contribution in [1.29, 1.82) is 0 Å². The van der Waals surface area contributed by atoms with Crippen molar-refractivity contribution in [3.63, 3.8) is 0 Å².